The SMILES string of the molecule is NC(=O)[C@H]1CCCC[C@@H]1Nc1ncc(Br)cn1. The fourth-order valence-electron chi connectivity index (χ4n) is 2.20. The molecule has 3 N–H and O–H groups in total. The second-order valence-electron chi connectivity index (χ2n) is 4.27. The van der Waals surface area contributed by atoms with Crippen molar-refractivity contribution >= 4 is 27.8 Å². The predicted octanol–water partition coefficient (Wildman–Crippen LogP) is 1.70. The van der Waals surface area contributed by atoms with Gasteiger partial charge in [-0.05, 0) is 28.8 Å². The van der Waals surface area contributed by atoms with Gasteiger partial charge in [0.15, 0.2) is 0 Å². The van der Waals surface area contributed by atoms with Crippen LogP contribution in [0.4, 0.5) is 5.95 Å². The molecule has 0 radical (unpaired) electrons. The first-order valence-electron chi connectivity index (χ1n) is 5.70. The van der Waals surface area contributed by atoms with Gasteiger partial charge in [-0.15, -0.1) is 0 Å². The molecule has 6 heteroatoms. The number of halogens is 1. The fourth-order valence-corrected chi connectivity index (χ4v) is 2.40. The number of hydrogen-bond acceptors (Lipinski definition) is 4. The van der Waals surface area contributed by atoms with E-state index in [4.69, 9.17) is 5.73 Å². The number of primary amides is 1. The van der Waals surface area contributed by atoms with Crippen molar-refractivity contribution in [3.8, 4) is 0 Å². The van der Waals surface area contributed by atoms with Crippen molar-refractivity contribution in [1.29, 1.82) is 0 Å². The van der Waals surface area contributed by atoms with Crippen molar-refractivity contribution < 1.29 is 4.79 Å². The standard InChI is InChI=1S/C11H15BrN4O/c12-7-5-14-11(15-6-7)16-9-4-2-1-3-8(9)10(13)17/h5-6,8-9H,1-4H2,(H2,13,17)(H,14,15,16)/t8-,9-/m0/s1. The van der Waals surface area contributed by atoms with E-state index >= 15 is 0 Å². The third kappa shape index (κ3) is 3.15. The van der Waals surface area contributed by atoms with Gasteiger partial charge < -0.3 is 11.1 Å². The summed E-state index contributed by atoms with van der Waals surface area (Å²) in [5, 5.41) is 3.20. The molecular formula is C11H15BrN4O. The van der Waals surface area contributed by atoms with E-state index in [-0.39, 0.29) is 17.9 Å². The number of rotatable bonds is 3. The Hall–Kier alpha value is -1.17. The van der Waals surface area contributed by atoms with Gasteiger partial charge in [-0.2, -0.15) is 0 Å². The smallest absolute Gasteiger partial charge is 0.222 e. The molecule has 1 aromatic heterocycles. The minimum atomic E-state index is -0.237. The van der Waals surface area contributed by atoms with E-state index in [1.807, 2.05) is 0 Å². The Balaban J connectivity index is 2.05. The Morgan fingerprint density at radius 3 is 2.65 bits per heavy atom. The van der Waals surface area contributed by atoms with E-state index in [1.165, 1.54) is 0 Å². The number of nitrogens with zero attached hydrogens (tertiary/aromatic N) is 2. The summed E-state index contributed by atoms with van der Waals surface area (Å²) in [7, 11) is 0. The number of nitrogens with one attached hydrogen (secondary N) is 1. The Bertz CT molecular complexity index is 395. The van der Waals surface area contributed by atoms with Crippen molar-refractivity contribution in [2.45, 2.75) is 31.7 Å². The van der Waals surface area contributed by atoms with Crippen LogP contribution in [0.5, 0.6) is 0 Å². The van der Waals surface area contributed by atoms with Gasteiger partial charge in [0.1, 0.15) is 0 Å². The van der Waals surface area contributed by atoms with E-state index in [1.54, 1.807) is 12.4 Å². The Morgan fingerprint density at radius 1 is 1.35 bits per heavy atom. The molecule has 1 aliphatic carbocycles. The highest BCUT2D eigenvalue weighted by Gasteiger charge is 2.29. The van der Waals surface area contributed by atoms with Gasteiger partial charge in [0.05, 0.1) is 10.4 Å². The number of amides is 1. The lowest BCUT2D eigenvalue weighted by Crippen LogP contribution is -2.40. The molecule has 0 aliphatic heterocycles. The third-order valence-corrected chi connectivity index (χ3v) is 3.48. The topological polar surface area (TPSA) is 80.9 Å². The maximum atomic E-state index is 11.3. The van der Waals surface area contributed by atoms with Crippen molar-refractivity contribution in [2.24, 2.45) is 11.7 Å². The van der Waals surface area contributed by atoms with Crippen LogP contribution in [0.1, 0.15) is 25.7 Å². The largest absolute Gasteiger partial charge is 0.369 e. The van der Waals surface area contributed by atoms with Crippen molar-refractivity contribution in [2.75, 3.05) is 5.32 Å². The average Bonchev–Trinajstić information content (AvgIpc) is 2.32. The second-order valence-corrected chi connectivity index (χ2v) is 5.18. The Morgan fingerprint density at radius 2 is 2.00 bits per heavy atom. The van der Waals surface area contributed by atoms with Crippen LogP contribution >= 0.6 is 15.9 Å². The summed E-state index contributed by atoms with van der Waals surface area (Å²) < 4.78 is 0.832. The highest BCUT2D eigenvalue weighted by molar-refractivity contribution is 9.10. The van der Waals surface area contributed by atoms with E-state index in [9.17, 15) is 4.79 Å². The molecule has 2 rings (SSSR count). The van der Waals surface area contributed by atoms with Gasteiger partial charge in [0.25, 0.3) is 0 Å². The first kappa shape index (κ1) is 12.3. The summed E-state index contributed by atoms with van der Waals surface area (Å²) in [6.07, 6.45) is 7.32. The zero-order valence-corrected chi connectivity index (χ0v) is 11.0. The number of nitrogens with two attached hydrogens (primary N) is 1. The molecule has 1 amide bonds. The molecule has 0 unspecified atom stereocenters. The van der Waals surface area contributed by atoms with Crippen LogP contribution < -0.4 is 11.1 Å². The highest BCUT2D eigenvalue weighted by Crippen LogP contribution is 2.26. The molecule has 1 fully saturated rings. The summed E-state index contributed by atoms with van der Waals surface area (Å²) in [6.45, 7) is 0. The first-order valence-corrected chi connectivity index (χ1v) is 6.49. The number of carbonyl (C=O) groups is 1. The maximum Gasteiger partial charge on any atom is 0.222 e. The van der Waals surface area contributed by atoms with Crippen molar-refractivity contribution in [3.05, 3.63) is 16.9 Å². The molecule has 1 heterocycles. The van der Waals surface area contributed by atoms with E-state index < -0.39 is 0 Å². The molecule has 0 aromatic carbocycles. The summed E-state index contributed by atoms with van der Waals surface area (Å²) in [5.74, 6) is 0.196. The Labute approximate surface area is 108 Å². The summed E-state index contributed by atoms with van der Waals surface area (Å²) in [5.41, 5.74) is 5.41. The summed E-state index contributed by atoms with van der Waals surface area (Å²) >= 11 is 3.28. The van der Waals surface area contributed by atoms with Crippen LogP contribution in [0.2, 0.25) is 0 Å². The fraction of sp³-hybridized carbons (Fsp3) is 0.545. The van der Waals surface area contributed by atoms with Crippen LogP contribution in [0.15, 0.2) is 16.9 Å². The van der Waals surface area contributed by atoms with E-state index in [0.717, 1.165) is 30.2 Å². The van der Waals surface area contributed by atoms with Crippen LogP contribution in [0, 0.1) is 5.92 Å². The van der Waals surface area contributed by atoms with Crippen LogP contribution in [0.25, 0.3) is 0 Å². The second kappa shape index (κ2) is 5.44. The minimum Gasteiger partial charge on any atom is -0.369 e. The van der Waals surface area contributed by atoms with Gasteiger partial charge in [-0.25, -0.2) is 9.97 Å². The normalized spacial score (nSPS) is 24.3. The third-order valence-electron chi connectivity index (χ3n) is 3.07. The lowest BCUT2D eigenvalue weighted by atomic mass is 9.84. The van der Waals surface area contributed by atoms with Gasteiger partial charge in [-0.3, -0.25) is 4.79 Å². The van der Waals surface area contributed by atoms with Crippen LogP contribution in [-0.2, 0) is 4.79 Å². The summed E-state index contributed by atoms with van der Waals surface area (Å²) in [4.78, 5) is 19.6. The first-order chi connectivity index (χ1) is 8.16. The number of anilines is 1. The van der Waals surface area contributed by atoms with Crippen LogP contribution in [0.3, 0.4) is 0 Å². The predicted molar refractivity (Wildman–Crippen MR) is 68.3 cm³/mol. The number of carbonyl (C=O) groups excluding carboxylic acids is 1. The molecular weight excluding hydrogens is 284 g/mol. The molecule has 5 nitrogen and oxygen atoms in total. The van der Waals surface area contributed by atoms with Gasteiger partial charge in [0.2, 0.25) is 11.9 Å². The molecule has 2 atom stereocenters. The van der Waals surface area contributed by atoms with Gasteiger partial charge in [0, 0.05) is 18.4 Å². The molecule has 1 saturated carbocycles. The molecule has 0 bridgehead atoms. The zero-order chi connectivity index (χ0) is 12.3. The molecule has 0 saturated heterocycles. The van der Waals surface area contributed by atoms with Gasteiger partial charge in [-0.1, -0.05) is 12.8 Å². The van der Waals surface area contributed by atoms with Crippen LogP contribution in [-0.4, -0.2) is 21.9 Å². The highest BCUT2D eigenvalue weighted by atomic mass is 79.9. The number of aromatic nitrogens is 2. The molecule has 0 spiro atoms. The van der Waals surface area contributed by atoms with Crippen molar-refractivity contribution in [1.82, 2.24) is 9.97 Å². The van der Waals surface area contributed by atoms with E-state index in [2.05, 4.69) is 31.2 Å². The molecule has 1 aliphatic rings. The molecule has 17 heavy (non-hydrogen) atoms. The maximum absolute atomic E-state index is 11.3. The lowest BCUT2D eigenvalue weighted by Gasteiger charge is -2.29. The Kier molecular flexibility index (Phi) is 3.93. The van der Waals surface area contributed by atoms with Gasteiger partial charge >= 0.3 is 0 Å². The zero-order valence-electron chi connectivity index (χ0n) is 9.40. The van der Waals surface area contributed by atoms with E-state index in [0.29, 0.717) is 5.95 Å². The average molecular weight is 299 g/mol. The van der Waals surface area contributed by atoms with Crippen molar-refractivity contribution in [3.63, 3.8) is 0 Å². The monoisotopic (exact) mass is 298 g/mol. The molecule has 92 valence electrons. The summed E-state index contributed by atoms with van der Waals surface area (Å²) in [6, 6.07) is 0.0578. The molecule has 1 aromatic rings. The minimum absolute atomic E-state index is 0.0578. The lowest BCUT2D eigenvalue weighted by molar-refractivity contribution is -0.122. The number of hydrogen-bond donors (Lipinski definition) is 2. The quantitative estimate of drug-likeness (QED) is 0.890.